The maximum Gasteiger partial charge on any atom is 0.201 e. The number of hydrogen-bond donors (Lipinski definition) is 0. The Bertz CT molecular complexity index is 1080. The van der Waals surface area contributed by atoms with Crippen LogP contribution in [0.15, 0.2) is 57.4 Å². The van der Waals surface area contributed by atoms with E-state index >= 15 is 0 Å². The lowest BCUT2D eigenvalue weighted by atomic mass is 9.94. The first-order chi connectivity index (χ1) is 14.5. The molecule has 0 aliphatic carbocycles. The molecule has 30 heavy (non-hydrogen) atoms. The Labute approximate surface area is 178 Å². The highest BCUT2D eigenvalue weighted by atomic mass is 16.3. The van der Waals surface area contributed by atoms with Gasteiger partial charge in [0.15, 0.2) is 0 Å². The Hall–Kier alpha value is -2.81. The van der Waals surface area contributed by atoms with Crippen molar-refractivity contribution in [1.29, 1.82) is 0 Å². The van der Waals surface area contributed by atoms with Gasteiger partial charge in [0.25, 0.3) is 0 Å². The Morgan fingerprint density at radius 1 is 0.700 bits per heavy atom. The van der Waals surface area contributed by atoms with Gasteiger partial charge in [-0.25, -0.2) is 0 Å². The van der Waals surface area contributed by atoms with Crippen molar-refractivity contribution in [2.24, 2.45) is 11.8 Å². The first-order valence-corrected chi connectivity index (χ1v) is 11.0. The third-order valence-corrected chi connectivity index (χ3v) is 5.69. The number of furan rings is 2. The molecule has 0 radical (unpaired) electrons. The van der Waals surface area contributed by atoms with Crippen LogP contribution in [0.1, 0.15) is 68.0 Å². The number of ketones is 1. The number of para-hydroxylation sites is 2. The summed E-state index contributed by atoms with van der Waals surface area (Å²) in [7, 11) is 0. The Morgan fingerprint density at radius 2 is 1.10 bits per heavy atom. The minimum absolute atomic E-state index is 0.0161. The van der Waals surface area contributed by atoms with Crippen LogP contribution >= 0.6 is 0 Å². The molecule has 4 aromatic rings. The molecule has 2 aromatic carbocycles. The standard InChI is InChI=1S/C27H30O3/c1-17(2)13-15-23-25(19-9-5-7-11-21(19)29-23)27(28)26-20-10-6-8-12-22(20)30-24(26)16-14-18(3)4/h5-12,17-18H,13-16H2,1-4H3. The SMILES string of the molecule is CC(C)CCc1oc2ccccc2c1C(=O)c1c(CCC(C)C)oc2ccccc12. The second-order valence-electron chi connectivity index (χ2n) is 8.99. The summed E-state index contributed by atoms with van der Waals surface area (Å²) in [5.41, 5.74) is 2.94. The summed E-state index contributed by atoms with van der Waals surface area (Å²) in [4.78, 5) is 14.0. The molecular weight excluding hydrogens is 372 g/mol. The number of benzene rings is 2. The van der Waals surface area contributed by atoms with E-state index in [0.717, 1.165) is 59.1 Å². The summed E-state index contributed by atoms with van der Waals surface area (Å²) < 4.78 is 12.3. The van der Waals surface area contributed by atoms with Crippen molar-refractivity contribution >= 4 is 27.7 Å². The highest BCUT2D eigenvalue weighted by Crippen LogP contribution is 2.35. The number of hydrogen-bond acceptors (Lipinski definition) is 3. The van der Waals surface area contributed by atoms with E-state index in [2.05, 4.69) is 27.7 Å². The molecular formula is C27H30O3. The zero-order valence-corrected chi connectivity index (χ0v) is 18.3. The monoisotopic (exact) mass is 402 g/mol. The molecule has 156 valence electrons. The lowest BCUT2D eigenvalue weighted by Gasteiger charge is -2.07. The van der Waals surface area contributed by atoms with Gasteiger partial charge < -0.3 is 8.83 Å². The van der Waals surface area contributed by atoms with Gasteiger partial charge in [-0.3, -0.25) is 4.79 Å². The van der Waals surface area contributed by atoms with E-state index in [-0.39, 0.29) is 5.78 Å². The van der Waals surface area contributed by atoms with Crippen molar-refractivity contribution in [2.75, 3.05) is 0 Å². The normalized spacial score (nSPS) is 11.9. The fourth-order valence-electron chi connectivity index (χ4n) is 4.01. The lowest BCUT2D eigenvalue weighted by Crippen LogP contribution is -2.07. The van der Waals surface area contributed by atoms with E-state index < -0.39 is 0 Å². The Kier molecular flexibility index (Phi) is 5.80. The van der Waals surface area contributed by atoms with Gasteiger partial charge >= 0.3 is 0 Å². The quantitative estimate of drug-likeness (QED) is 0.285. The van der Waals surface area contributed by atoms with Crippen LogP contribution in [0.5, 0.6) is 0 Å². The van der Waals surface area contributed by atoms with Gasteiger partial charge in [0.05, 0.1) is 11.1 Å². The molecule has 0 aliphatic rings. The molecule has 0 spiro atoms. The van der Waals surface area contributed by atoms with Crippen molar-refractivity contribution in [1.82, 2.24) is 0 Å². The van der Waals surface area contributed by atoms with Crippen LogP contribution in [0.3, 0.4) is 0 Å². The molecule has 0 aliphatic heterocycles. The Balaban J connectivity index is 1.87. The first-order valence-electron chi connectivity index (χ1n) is 11.0. The van der Waals surface area contributed by atoms with Gasteiger partial charge in [-0.05, 0) is 36.8 Å². The third kappa shape index (κ3) is 3.94. The molecule has 2 aromatic heterocycles. The van der Waals surface area contributed by atoms with Crippen molar-refractivity contribution in [3.8, 4) is 0 Å². The molecule has 3 nitrogen and oxygen atoms in total. The van der Waals surface area contributed by atoms with Crippen LogP contribution in [0.2, 0.25) is 0 Å². The molecule has 0 amide bonds. The fourth-order valence-corrected chi connectivity index (χ4v) is 4.01. The largest absolute Gasteiger partial charge is 0.460 e. The number of carbonyl (C=O) groups is 1. The predicted octanol–water partition coefficient (Wildman–Crippen LogP) is 7.59. The number of carbonyl (C=O) groups excluding carboxylic acids is 1. The highest BCUT2D eigenvalue weighted by Gasteiger charge is 2.27. The fraction of sp³-hybridized carbons (Fsp3) is 0.370. The van der Waals surface area contributed by atoms with Crippen molar-refractivity contribution < 1.29 is 13.6 Å². The number of rotatable bonds is 8. The third-order valence-electron chi connectivity index (χ3n) is 5.69. The lowest BCUT2D eigenvalue weighted by molar-refractivity contribution is 0.103. The minimum Gasteiger partial charge on any atom is -0.460 e. The first kappa shape index (κ1) is 20.5. The summed E-state index contributed by atoms with van der Waals surface area (Å²) in [6, 6.07) is 15.7. The van der Waals surface area contributed by atoms with E-state index in [9.17, 15) is 4.79 Å². The maximum atomic E-state index is 14.0. The summed E-state index contributed by atoms with van der Waals surface area (Å²) in [5, 5.41) is 1.78. The average Bonchev–Trinajstić information content (AvgIpc) is 3.28. The second kappa shape index (κ2) is 8.51. The summed E-state index contributed by atoms with van der Waals surface area (Å²) in [5.74, 6) is 2.67. The highest BCUT2D eigenvalue weighted by molar-refractivity contribution is 6.22. The topological polar surface area (TPSA) is 43.4 Å². The van der Waals surface area contributed by atoms with Gasteiger partial charge in [0.1, 0.15) is 22.7 Å². The van der Waals surface area contributed by atoms with Crippen LogP contribution in [0.25, 0.3) is 21.9 Å². The van der Waals surface area contributed by atoms with Gasteiger partial charge in [0.2, 0.25) is 5.78 Å². The summed E-state index contributed by atoms with van der Waals surface area (Å²) in [6.07, 6.45) is 3.47. The van der Waals surface area contributed by atoms with Gasteiger partial charge in [-0.1, -0.05) is 64.1 Å². The van der Waals surface area contributed by atoms with Crippen LogP contribution in [-0.4, -0.2) is 5.78 Å². The zero-order valence-electron chi connectivity index (χ0n) is 18.3. The van der Waals surface area contributed by atoms with Crippen molar-refractivity contribution in [2.45, 2.75) is 53.4 Å². The van der Waals surface area contributed by atoms with Crippen molar-refractivity contribution in [3.63, 3.8) is 0 Å². The number of aryl methyl sites for hydroxylation is 2. The Morgan fingerprint density at radius 3 is 1.50 bits per heavy atom. The molecule has 0 unspecified atom stereocenters. The van der Waals surface area contributed by atoms with E-state index in [1.807, 2.05) is 48.5 Å². The summed E-state index contributed by atoms with van der Waals surface area (Å²) in [6.45, 7) is 8.77. The molecule has 4 rings (SSSR count). The van der Waals surface area contributed by atoms with Crippen LogP contribution in [-0.2, 0) is 12.8 Å². The minimum atomic E-state index is 0.0161. The molecule has 0 fully saturated rings. The van der Waals surface area contributed by atoms with E-state index in [4.69, 9.17) is 8.83 Å². The molecule has 0 atom stereocenters. The molecule has 3 heteroatoms. The molecule has 0 bridgehead atoms. The smallest absolute Gasteiger partial charge is 0.201 e. The number of fused-ring (bicyclic) bond motifs is 2. The van der Waals surface area contributed by atoms with E-state index in [0.29, 0.717) is 23.0 Å². The van der Waals surface area contributed by atoms with Gasteiger partial charge in [-0.2, -0.15) is 0 Å². The van der Waals surface area contributed by atoms with E-state index in [1.165, 1.54) is 0 Å². The predicted molar refractivity (Wildman–Crippen MR) is 122 cm³/mol. The summed E-state index contributed by atoms with van der Waals surface area (Å²) >= 11 is 0. The van der Waals surface area contributed by atoms with Gasteiger partial charge in [0, 0.05) is 23.6 Å². The maximum absolute atomic E-state index is 14.0. The van der Waals surface area contributed by atoms with E-state index in [1.54, 1.807) is 0 Å². The van der Waals surface area contributed by atoms with Crippen LogP contribution in [0.4, 0.5) is 0 Å². The van der Waals surface area contributed by atoms with Crippen molar-refractivity contribution in [3.05, 3.63) is 71.2 Å². The zero-order chi connectivity index (χ0) is 21.3. The molecule has 0 saturated carbocycles. The van der Waals surface area contributed by atoms with Crippen LogP contribution in [0, 0.1) is 11.8 Å². The average molecular weight is 403 g/mol. The molecule has 0 saturated heterocycles. The van der Waals surface area contributed by atoms with Gasteiger partial charge in [-0.15, -0.1) is 0 Å². The second-order valence-corrected chi connectivity index (χ2v) is 8.99. The molecule has 2 heterocycles. The van der Waals surface area contributed by atoms with Crippen LogP contribution < -0.4 is 0 Å². The molecule has 0 N–H and O–H groups in total.